The molecule has 0 saturated carbocycles. The second-order valence-corrected chi connectivity index (χ2v) is 5.22. The Morgan fingerprint density at radius 1 is 1.29 bits per heavy atom. The first kappa shape index (κ1) is 12.4. The molecule has 3 heteroatoms. The highest BCUT2D eigenvalue weighted by atomic mass is 15.2. The summed E-state index contributed by atoms with van der Waals surface area (Å²) in [6, 6.07) is 8.98. The zero-order valence-corrected chi connectivity index (χ0v) is 10.9. The van der Waals surface area contributed by atoms with Gasteiger partial charge in [-0.25, -0.2) is 0 Å². The minimum absolute atomic E-state index is 0.757. The maximum Gasteiger partial charge on any atom is 0.0317 e. The maximum absolute atomic E-state index is 5.80. The first-order valence-corrected chi connectivity index (χ1v) is 6.38. The van der Waals surface area contributed by atoms with Gasteiger partial charge in [-0.05, 0) is 57.7 Å². The molecule has 0 bridgehead atoms. The second-order valence-electron chi connectivity index (χ2n) is 5.22. The quantitative estimate of drug-likeness (QED) is 0.808. The molecule has 1 aliphatic rings. The molecule has 2 N–H and O–H groups in total. The molecule has 0 radical (unpaired) electrons. The number of piperidine rings is 1. The summed E-state index contributed by atoms with van der Waals surface area (Å²) >= 11 is 0. The van der Waals surface area contributed by atoms with Gasteiger partial charge in [0.25, 0.3) is 0 Å². The van der Waals surface area contributed by atoms with Crippen LogP contribution in [0.1, 0.15) is 18.4 Å². The average Bonchev–Trinajstić information content (AvgIpc) is 2.29. The van der Waals surface area contributed by atoms with Gasteiger partial charge >= 0.3 is 0 Å². The van der Waals surface area contributed by atoms with Crippen molar-refractivity contribution in [2.45, 2.75) is 25.4 Å². The Labute approximate surface area is 104 Å². The average molecular weight is 233 g/mol. The Morgan fingerprint density at radius 2 is 2.00 bits per heavy atom. The van der Waals surface area contributed by atoms with E-state index in [9.17, 15) is 0 Å². The zero-order chi connectivity index (χ0) is 12.3. The van der Waals surface area contributed by atoms with E-state index in [1.54, 1.807) is 0 Å². The Balaban J connectivity index is 1.86. The van der Waals surface area contributed by atoms with Crippen molar-refractivity contribution >= 4 is 5.69 Å². The monoisotopic (exact) mass is 233 g/mol. The molecule has 0 spiro atoms. The molecule has 1 heterocycles. The van der Waals surface area contributed by atoms with Gasteiger partial charge in [-0.1, -0.05) is 12.1 Å². The molecule has 3 nitrogen and oxygen atoms in total. The summed E-state index contributed by atoms with van der Waals surface area (Å²) in [6.07, 6.45) is 2.55. The highest BCUT2D eigenvalue weighted by Gasteiger charge is 2.20. The first-order chi connectivity index (χ1) is 8.15. The molecule has 94 valence electrons. The number of benzene rings is 1. The van der Waals surface area contributed by atoms with E-state index in [0.717, 1.165) is 18.3 Å². The molecular formula is C14H23N3. The van der Waals surface area contributed by atoms with Gasteiger partial charge < -0.3 is 10.6 Å². The highest BCUT2D eigenvalue weighted by Crippen LogP contribution is 2.17. The van der Waals surface area contributed by atoms with Crippen LogP contribution >= 0.6 is 0 Å². The predicted molar refractivity (Wildman–Crippen MR) is 72.8 cm³/mol. The van der Waals surface area contributed by atoms with Gasteiger partial charge in [-0.15, -0.1) is 0 Å². The zero-order valence-electron chi connectivity index (χ0n) is 10.9. The van der Waals surface area contributed by atoms with Crippen LogP contribution in [0.4, 0.5) is 5.69 Å². The van der Waals surface area contributed by atoms with E-state index in [1.807, 2.05) is 12.1 Å². The van der Waals surface area contributed by atoms with Crippen LogP contribution in [0.3, 0.4) is 0 Å². The highest BCUT2D eigenvalue weighted by molar-refractivity contribution is 5.40. The Kier molecular flexibility index (Phi) is 4.02. The van der Waals surface area contributed by atoms with Gasteiger partial charge in [-0.3, -0.25) is 4.90 Å². The van der Waals surface area contributed by atoms with Gasteiger partial charge in [0.1, 0.15) is 0 Å². The molecular weight excluding hydrogens is 210 g/mol. The smallest absolute Gasteiger partial charge is 0.0317 e. The van der Waals surface area contributed by atoms with Gasteiger partial charge in [-0.2, -0.15) is 0 Å². The normalized spacial score (nSPS) is 18.8. The summed E-state index contributed by atoms with van der Waals surface area (Å²) in [4.78, 5) is 4.87. The third-order valence-electron chi connectivity index (χ3n) is 3.64. The molecule has 17 heavy (non-hydrogen) atoms. The van der Waals surface area contributed by atoms with Gasteiger partial charge in [0.15, 0.2) is 0 Å². The number of nitrogen functional groups attached to an aromatic ring is 1. The number of likely N-dealkylation sites (tertiary alicyclic amines) is 1. The largest absolute Gasteiger partial charge is 0.399 e. The van der Waals surface area contributed by atoms with Crippen molar-refractivity contribution in [1.82, 2.24) is 9.80 Å². The number of nitrogens with zero attached hydrogens (tertiary/aromatic N) is 2. The van der Waals surface area contributed by atoms with Crippen LogP contribution in [-0.4, -0.2) is 43.0 Å². The lowest BCUT2D eigenvalue weighted by atomic mass is 10.0. The molecule has 1 saturated heterocycles. The number of nitrogens with two attached hydrogens (primary N) is 1. The molecule has 1 aliphatic heterocycles. The van der Waals surface area contributed by atoms with Gasteiger partial charge in [0, 0.05) is 18.3 Å². The molecule has 1 aromatic rings. The number of hydrogen-bond donors (Lipinski definition) is 1. The van der Waals surface area contributed by atoms with E-state index in [4.69, 9.17) is 5.73 Å². The third kappa shape index (κ3) is 3.45. The first-order valence-electron chi connectivity index (χ1n) is 6.38. The van der Waals surface area contributed by atoms with Crippen LogP contribution in [0.15, 0.2) is 24.3 Å². The van der Waals surface area contributed by atoms with E-state index < -0.39 is 0 Å². The van der Waals surface area contributed by atoms with Crippen molar-refractivity contribution in [2.75, 3.05) is 32.9 Å². The standard InChI is InChI=1S/C14H23N3/c1-16(2)14-6-8-17(9-7-14)11-12-4-3-5-13(15)10-12/h3-5,10,14H,6-9,11,15H2,1-2H3. The molecule has 0 aliphatic carbocycles. The predicted octanol–water partition coefficient (Wildman–Crippen LogP) is 1.79. The Morgan fingerprint density at radius 3 is 2.59 bits per heavy atom. The van der Waals surface area contributed by atoms with Crippen molar-refractivity contribution in [3.05, 3.63) is 29.8 Å². The summed E-state index contributed by atoms with van der Waals surface area (Å²) in [5.74, 6) is 0. The Hall–Kier alpha value is -1.06. The fraction of sp³-hybridized carbons (Fsp3) is 0.571. The van der Waals surface area contributed by atoms with E-state index in [-0.39, 0.29) is 0 Å². The molecule has 0 aromatic heterocycles. The fourth-order valence-corrected chi connectivity index (χ4v) is 2.54. The van der Waals surface area contributed by atoms with E-state index in [0.29, 0.717) is 0 Å². The van der Waals surface area contributed by atoms with E-state index in [2.05, 4.69) is 36.0 Å². The number of rotatable bonds is 3. The Bertz CT molecular complexity index is 354. The van der Waals surface area contributed by atoms with Crippen LogP contribution in [0.5, 0.6) is 0 Å². The summed E-state index contributed by atoms with van der Waals surface area (Å²) < 4.78 is 0. The summed E-state index contributed by atoms with van der Waals surface area (Å²) in [5, 5.41) is 0. The molecule has 0 unspecified atom stereocenters. The summed E-state index contributed by atoms with van der Waals surface area (Å²) in [6.45, 7) is 3.42. The maximum atomic E-state index is 5.80. The lowest BCUT2D eigenvalue weighted by Gasteiger charge is -2.35. The van der Waals surface area contributed by atoms with Crippen molar-refractivity contribution in [2.24, 2.45) is 0 Å². The molecule has 0 atom stereocenters. The second kappa shape index (κ2) is 5.52. The fourth-order valence-electron chi connectivity index (χ4n) is 2.54. The number of hydrogen-bond acceptors (Lipinski definition) is 3. The number of anilines is 1. The summed E-state index contributed by atoms with van der Waals surface area (Å²) in [7, 11) is 4.36. The minimum Gasteiger partial charge on any atom is -0.399 e. The van der Waals surface area contributed by atoms with Crippen molar-refractivity contribution in [3.8, 4) is 0 Å². The molecule has 1 fully saturated rings. The topological polar surface area (TPSA) is 32.5 Å². The van der Waals surface area contributed by atoms with Crippen LogP contribution in [0.25, 0.3) is 0 Å². The molecule has 2 rings (SSSR count). The van der Waals surface area contributed by atoms with Crippen molar-refractivity contribution < 1.29 is 0 Å². The molecule has 1 aromatic carbocycles. The van der Waals surface area contributed by atoms with Crippen LogP contribution in [0.2, 0.25) is 0 Å². The lowest BCUT2D eigenvalue weighted by molar-refractivity contribution is 0.140. The minimum atomic E-state index is 0.757. The van der Waals surface area contributed by atoms with E-state index >= 15 is 0 Å². The van der Waals surface area contributed by atoms with Crippen LogP contribution in [-0.2, 0) is 6.54 Å². The van der Waals surface area contributed by atoms with E-state index in [1.165, 1.54) is 31.5 Å². The van der Waals surface area contributed by atoms with Gasteiger partial charge in [0.05, 0.1) is 0 Å². The van der Waals surface area contributed by atoms with Crippen molar-refractivity contribution in [3.63, 3.8) is 0 Å². The lowest BCUT2D eigenvalue weighted by Crippen LogP contribution is -2.41. The van der Waals surface area contributed by atoms with Gasteiger partial charge in [0.2, 0.25) is 0 Å². The van der Waals surface area contributed by atoms with Crippen molar-refractivity contribution in [1.29, 1.82) is 0 Å². The summed E-state index contributed by atoms with van der Waals surface area (Å²) in [5.41, 5.74) is 7.99. The SMILES string of the molecule is CN(C)C1CCN(Cc2cccc(N)c2)CC1. The van der Waals surface area contributed by atoms with Crippen LogP contribution < -0.4 is 5.73 Å². The molecule has 0 amide bonds. The third-order valence-corrected chi connectivity index (χ3v) is 3.64. The van der Waals surface area contributed by atoms with Crippen LogP contribution in [0, 0.1) is 0 Å².